The second kappa shape index (κ2) is 9.53. The summed E-state index contributed by atoms with van der Waals surface area (Å²) >= 11 is 0. The van der Waals surface area contributed by atoms with Crippen molar-refractivity contribution in [2.75, 3.05) is 6.54 Å². The number of benzene rings is 1. The van der Waals surface area contributed by atoms with E-state index in [-0.39, 0.29) is 10.6 Å². The molecular weight excluding hydrogens is 304 g/mol. The Morgan fingerprint density at radius 3 is 2.36 bits per heavy atom. The van der Waals surface area contributed by atoms with Crippen molar-refractivity contribution in [3.8, 4) is 0 Å². The quantitative estimate of drug-likeness (QED) is 0.381. The molecule has 22 heavy (non-hydrogen) atoms. The molecule has 0 aromatic heterocycles. The lowest BCUT2D eigenvalue weighted by atomic mass is 10.1. The van der Waals surface area contributed by atoms with Gasteiger partial charge in [0.05, 0.1) is 9.82 Å². The van der Waals surface area contributed by atoms with E-state index in [0.29, 0.717) is 6.54 Å². The van der Waals surface area contributed by atoms with Gasteiger partial charge in [-0.3, -0.25) is 10.1 Å². The third-order valence-electron chi connectivity index (χ3n) is 3.41. The fourth-order valence-corrected chi connectivity index (χ4v) is 3.25. The minimum Gasteiger partial charge on any atom is -0.258 e. The minimum absolute atomic E-state index is 0.0651. The lowest BCUT2D eigenvalue weighted by molar-refractivity contribution is -0.385. The van der Waals surface area contributed by atoms with Crippen molar-refractivity contribution in [3.05, 3.63) is 34.4 Å². The third kappa shape index (κ3) is 6.53. The maximum absolute atomic E-state index is 12.0. The highest BCUT2D eigenvalue weighted by molar-refractivity contribution is 7.89. The second-order valence-corrected chi connectivity index (χ2v) is 7.04. The highest BCUT2D eigenvalue weighted by Gasteiger charge is 2.16. The van der Waals surface area contributed by atoms with Crippen LogP contribution in [0.25, 0.3) is 0 Å². The van der Waals surface area contributed by atoms with Crippen molar-refractivity contribution in [1.82, 2.24) is 4.72 Å². The van der Waals surface area contributed by atoms with Gasteiger partial charge in [-0.25, -0.2) is 13.1 Å². The van der Waals surface area contributed by atoms with Crippen LogP contribution in [0.3, 0.4) is 0 Å². The van der Waals surface area contributed by atoms with E-state index in [9.17, 15) is 18.5 Å². The standard InChI is InChI=1S/C15H24N2O4S/c1-2-3-4-5-6-7-8-12-16-22(20,21)15-11-9-10-14(13-15)17(18)19/h9-11,13,16H,2-8,12H2,1H3. The molecule has 0 atom stereocenters. The molecule has 0 spiro atoms. The fraction of sp³-hybridized carbons (Fsp3) is 0.600. The molecule has 7 heteroatoms. The molecule has 0 aliphatic rings. The third-order valence-corrected chi connectivity index (χ3v) is 4.87. The Labute approximate surface area is 132 Å². The van der Waals surface area contributed by atoms with Gasteiger partial charge in [0.15, 0.2) is 0 Å². The van der Waals surface area contributed by atoms with Gasteiger partial charge in [0, 0.05) is 18.7 Å². The van der Waals surface area contributed by atoms with Gasteiger partial charge >= 0.3 is 0 Å². The molecule has 1 rings (SSSR count). The highest BCUT2D eigenvalue weighted by Crippen LogP contribution is 2.17. The topological polar surface area (TPSA) is 89.3 Å². The van der Waals surface area contributed by atoms with E-state index < -0.39 is 14.9 Å². The van der Waals surface area contributed by atoms with Crippen molar-refractivity contribution < 1.29 is 13.3 Å². The van der Waals surface area contributed by atoms with Crippen molar-refractivity contribution >= 4 is 15.7 Å². The highest BCUT2D eigenvalue weighted by atomic mass is 32.2. The number of nitro benzene ring substituents is 1. The monoisotopic (exact) mass is 328 g/mol. The number of nitrogens with one attached hydrogen (secondary N) is 1. The summed E-state index contributed by atoms with van der Waals surface area (Å²) in [7, 11) is -3.67. The predicted octanol–water partition coefficient (Wildman–Crippen LogP) is 3.62. The van der Waals surface area contributed by atoms with Gasteiger partial charge in [-0.1, -0.05) is 51.5 Å². The smallest absolute Gasteiger partial charge is 0.258 e. The molecule has 6 nitrogen and oxygen atoms in total. The summed E-state index contributed by atoms with van der Waals surface area (Å²) in [6.45, 7) is 2.53. The summed E-state index contributed by atoms with van der Waals surface area (Å²) < 4.78 is 26.6. The first kappa shape index (κ1) is 18.6. The van der Waals surface area contributed by atoms with Gasteiger partial charge < -0.3 is 0 Å². The van der Waals surface area contributed by atoms with E-state index in [1.807, 2.05) is 0 Å². The van der Waals surface area contributed by atoms with Crippen LogP contribution in [0.2, 0.25) is 0 Å². The van der Waals surface area contributed by atoms with Crippen LogP contribution in [-0.2, 0) is 10.0 Å². The summed E-state index contributed by atoms with van der Waals surface area (Å²) in [6.07, 6.45) is 7.75. The maximum atomic E-state index is 12.0. The SMILES string of the molecule is CCCCCCCCCNS(=O)(=O)c1cccc([N+](=O)[O-])c1. The van der Waals surface area contributed by atoms with E-state index in [0.717, 1.165) is 25.3 Å². The van der Waals surface area contributed by atoms with E-state index >= 15 is 0 Å². The van der Waals surface area contributed by atoms with E-state index in [4.69, 9.17) is 0 Å². The zero-order chi connectivity index (χ0) is 16.4. The molecule has 1 aromatic carbocycles. The lowest BCUT2D eigenvalue weighted by Crippen LogP contribution is -2.24. The number of hydrogen-bond acceptors (Lipinski definition) is 4. The van der Waals surface area contributed by atoms with Crippen molar-refractivity contribution in [1.29, 1.82) is 0 Å². The Hall–Kier alpha value is -1.47. The number of rotatable bonds is 11. The molecule has 1 aromatic rings. The van der Waals surface area contributed by atoms with Crippen LogP contribution in [-0.4, -0.2) is 19.9 Å². The second-order valence-electron chi connectivity index (χ2n) is 5.27. The van der Waals surface area contributed by atoms with Gasteiger partial charge in [0.1, 0.15) is 0 Å². The van der Waals surface area contributed by atoms with Gasteiger partial charge in [0.2, 0.25) is 10.0 Å². The van der Waals surface area contributed by atoms with E-state index in [1.54, 1.807) is 0 Å². The van der Waals surface area contributed by atoms with Crippen LogP contribution in [0, 0.1) is 10.1 Å². The Bertz CT molecular complexity index is 573. The average molecular weight is 328 g/mol. The Kier molecular flexibility index (Phi) is 8.05. The van der Waals surface area contributed by atoms with Crippen molar-refractivity contribution in [3.63, 3.8) is 0 Å². The molecular formula is C15H24N2O4S. The minimum atomic E-state index is -3.67. The zero-order valence-corrected chi connectivity index (χ0v) is 13.8. The summed E-state index contributed by atoms with van der Waals surface area (Å²) in [5.74, 6) is 0. The molecule has 0 saturated carbocycles. The van der Waals surface area contributed by atoms with Gasteiger partial charge in [-0.2, -0.15) is 0 Å². The van der Waals surface area contributed by atoms with Crippen LogP contribution in [0.5, 0.6) is 0 Å². The average Bonchev–Trinajstić information content (AvgIpc) is 2.50. The Morgan fingerprint density at radius 1 is 1.09 bits per heavy atom. The van der Waals surface area contributed by atoms with Crippen LogP contribution in [0.15, 0.2) is 29.2 Å². The summed E-state index contributed by atoms with van der Waals surface area (Å²) in [6, 6.07) is 5.09. The lowest BCUT2D eigenvalue weighted by Gasteiger charge is -2.06. The van der Waals surface area contributed by atoms with E-state index in [2.05, 4.69) is 11.6 Å². The van der Waals surface area contributed by atoms with Crippen molar-refractivity contribution in [2.45, 2.75) is 56.8 Å². The zero-order valence-electron chi connectivity index (χ0n) is 13.0. The molecule has 0 aliphatic carbocycles. The number of unbranched alkanes of at least 4 members (excludes halogenated alkanes) is 6. The number of hydrogen-bond donors (Lipinski definition) is 1. The normalized spacial score (nSPS) is 11.5. The summed E-state index contributed by atoms with van der Waals surface area (Å²) in [4.78, 5) is 10.0. The summed E-state index contributed by atoms with van der Waals surface area (Å²) in [5, 5.41) is 10.7. The van der Waals surface area contributed by atoms with Crippen LogP contribution < -0.4 is 4.72 Å². The van der Waals surface area contributed by atoms with Gasteiger partial charge in [0.25, 0.3) is 5.69 Å². The Morgan fingerprint density at radius 2 is 1.73 bits per heavy atom. The fourth-order valence-electron chi connectivity index (χ4n) is 2.14. The first-order valence-electron chi connectivity index (χ1n) is 7.71. The largest absolute Gasteiger partial charge is 0.270 e. The van der Waals surface area contributed by atoms with Crippen LogP contribution >= 0.6 is 0 Å². The maximum Gasteiger partial charge on any atom is 0.270 e. The molecule has 0 radical (unpaired) electrons. The first-order chi connectivity index (χ1) is 10.5. The Balaban J connectivity index is 2.38. The number of nitro groups is 1. The van der Waals surface area contributed by atoms with Crippen LogP contribution in [0.4, 0.5) is 5.69 Å². The summed E-state index contributed by atoms with van der Waals surface area (Å²) in [5.41, 5.74) is -0.223. The molecule has 0 aliphatic heterocycles. The van der Waals surface area contributed by atoms with E-state index in [1.165, 1.54) is 43.9 Å². The number of sulfonamides is 1. The molecule has 0 amide bonds. The molecule has 0 heterocycles. The van der Waals surface area contributed by atoms with Gasteiger partial charge in [-0.15, -0.1) is 0 Å². The molecule has 124 valence electrons. The number of nitrogens with zero attached hydrogens (tertiary/aromatic N) is 1. The predicted molar refractivity (Wildman–Crippen MR) is 86.3 cm³/mol. The van der Waals surface area contributed by atoms with Crippen LogP contribution in [0.1, 0.15) is 51.9 Å². The number of non-ortho nitro benzene ring substituents is 1. The molecule has 1 N–H and O–H groups in total. The van der Waals surface area contributed by atoms with Crippen molar-refractivity contribution in [2.24, 2.45) is 0 Å². The van der Waals surface area contributed by atoms with Gasteiger partial charge in [-0.05, 0) is 12.5 Å². The molecule has 0 unspecified atom stereocenters. The molecule has 0 fully saturated rings. The molecule has 0 bridgehead atoms. The molecule has 0 saturated heterocycles. The first-order valence-corrected chi connectivity index (χ1v) is 9.20.